The molecule has 2 aromatic heterocycles. The molecular formula is C21H24N4O2. The minimum atomic E-state index is 0.0294. The fourth-order valence-electron chi connectivity index (χ4n) is 3.94. The van der Waals surface area contributed by atoms with Crippen LogP contribution in [0.15, 0.2) is 36.5 Å². The van der Waals surface area contributed by atoms with Crippen molar-refractivity contribution in [2.45, 2.75) is 37.7 Å². The highest BCUT2D eigenvalue weighted by atomic mass is 16.5. The highest BCUT2D eigenvalue weighted by Gasteiger charge is 2.29. The number of rotatable bonds is 4. The third-order valence-corrected chi connectivity index (χ3v) is 5.74. The first-order valence-electron chi connectivity index (χ1n) is 9.74. The van der Waals surface area contributed by atoms with Gasteiger partial charge in [0.15, 0.2) is 0 Å². The van der Waals surface area contributed by atoms with Crippen LogP contribution in [0.25, 0.3) is 10.9 Å². The van der Waals surface area contributed by atoms with Gasteiger partial charge in [-0.05, 0) is 37.1 Å². The second-order valence-electron chi connectivity index (χ2n) is 7.71. The van der Waals surface area contributed by atoms with Crippen LogP contribution in [0, 0.1) is 0 Å². The molecule has 2 aliphatic rings. The first-order valence-corrected chi connectivity index (χ1v) is 9.74. The van der Waals surface area contributed by atoms with Crippen LogP contribution in [0.3, 0.4) is 0 Å². The average molecular weight is 364 g/mol. The summed E-state index contributed by atoms with van der Waals surface area (Å²) in [5.74, 6) is 1.54. The fourth-order valence-corrected chi connectivity index (χ4v) is 3.94. The minimum absolute atomic E-state index is 0.0294. The Bertz CT molecular complexity index is 977. The summed E-state index contributed by atoms with van der Waals surface area (Å²) in [6.45, 7) is 1.42. The summed E-state index contributed by atoms with van der Waals surface area (Å²) in [7, 11) is 2.04. The van der Waals surface area contributed by atoms with Gasteiger partial charge in [-0.1, -0.05) is 6.07 Å². The van der Waals surface area contributed by atoms with Crippen molar-refractivity contribution in [2.24, 2.45) is 7.05 Å². The number of piperidine rings is 1. The Balaban J connectivity index is 1.22. The topological polar surface area (TPSA) is 63.1 Å². The van der Waals surface area contributed by atoms with Crippen LogP contribution in [0.1, 0.15) is 47.8 Å². The SMILES string of the molecule is Cn1ccc2c(OC3CCN(C(=O)c4cc(C5CC5)[nH]n4)CC3)cccc21. The Morgan fingerprint density at radius 2 is 2.00 bits per heavy atom. The summed E-state index contributed by atoms with van der Waals surface area (Å²) < 4.78 is 8.39. The maximum atomic E-state index is 12.7. The molecule has 1 amide bonds. The van der Waals surface area contributed by atoms with Gasteiger partial charge in [0.05, 0.1) is 5.52 Å². The summed E-state index contributed by atoms with van der Waals surface area (Å²) in [5.41, 5.74) is 2.82. The molecule has 3 aromatic rings. The number of aromatic amines is 1. The highest BCUT2D eigenvalue weighted by molar-refractivity contribution is 5.92. The number of aromatic nitrogens is 3. The van der Waals surface area contributed by atoms with Crippen LogP contribution in [0.2, 0.25) is 0 Å². The standard InChI is InChI=1S/C21H24N4O2/c1-24-10-9-16-19(24)3-2-4-20(16)27-15-7-11-25(12-8-15)21(26)18-13-17(22-23-18)14-5-6-14/h2-4,9-10,13-15H,5-8,11-12H2,1H3,(H,22,23). The third-order valence-electron chi connectivity index (χ3n) is 5.74. The molecule has 140 valence electrons. The van der Waals surface area contributed by atoms with E-state index >= 15 is 0 Å². The van der Waals surface area contributed by atoms with E-state index in [2.05, 4.69) is 33.1 Å². The van der Waals surface area contributed by atoms with Crippen LogP contribution in [-0.4, -0.2) is 44.8 Å². The van der Waals surface area contributed by atoms with E-state index in [0.717, 1.165) is 29.7 Å². The quantitative estimate of drug-likeness (QED) is 0.771. The molecule has 1 aromatic carbocycles. The Kier molecular flexibility index (Phi) is 3.92. The monoisotopic (exact) mass is 364 g/mol. The number of nitrogens with zero attached hydrogens (tertiary/aromatic N) is 3. The molecule has 1 saturated heterocycles. The molecule has 0 bridgehead atoms. The molecule has 2 fully saturated rings. The number of amides is 1. The molecule has 6 nitrogen and oxygen atoms in total. The number of ether oxygens (including phenoxy) is 1. The van der Waals surface area contributed by atoms with Gasteiger partial charge in [0, 0.05) is 56.2 Å². The lowest BCUT2D eigenvalue weighted by molar-refractivity contribution is 0.0592. The number of benzene rings is 1. The third kappa shape index (κ3) is 3.09. The van der Waals surface area contributed by atoms with Crippen LogP contribution in [0.5, 0.6) is 5.75 Å². The summed E-state index contributed by atoms with van der Waals surface area (Å²) in [5, 5.41) is 8.39. The number of fused-ring (bicyclic) bond motifs is 1. The largest absolute Gasteiger partial charge is 0.490 e. The molecule has 1 N–H and O–H groups in total. The number of carbonyl (C=O) groups is 1. The summed E-state index contributed by atoms with van der Waals surface area (Å²) in [6.07, 6.45) is 6.28. The molecule has 27 heavy (non-hydrogen) atoms. The van der Waals surface area contributed by atoms with Gasteiger partial charge in [0.2, 0.25) is 0 Å². The second-order valence-corrected chi connectivity index (χ2v) is 7.71. The zero-order valence-electron chi connectivity index (χ0n) is 15.5. The molecule has 0 atom stereocenters. The predicted molar refractivity (Wildman–Crippen MR) is 103 cm³/mol. The number of aryl methyl sites for hydroxylation is 1. The number of likely N-dealkylation sites (tertiary alicyclic amines) is 1. The average Bonchev–Trinajstić information content (AvgIpc) is 3.30. The molecule has 6 heteroatoms. The van der Waals surface area contributed by atoms with Crippen molar-refractivity contribution in [3.8, 4) is 5.75 Å². The van der Waals surface area contributed by atoms with E-state index in [9.17, 15) is 4.79 Å². The van der Waals surface area contributed by atoms with Crippen molar-refractivity contribution in [3.05, 3.63) is 47.9 Å². The molecule has 3 heterocycles. The lowest BCUT2D eigenvalue weighted by atomic mass is 10.1. The molecule has 1 aliphatic carbocycles. The van der Waals surface area contributed by atoms with Crippen molar-refractivity contribution < 1.29 is 9.53 Å². The van der Waals surface area contributed by atoms with Crippen LogP contribution < -0.4 is 4.74 Å². The highest BCUT2D eigenvalue weighted by Crippen LogP contribution is 2.39. The van der Waals surface area contributed by atoms with Crippen LogP contribution >= 0.6 is 0 Å². The number of hydrogen-bond acceptors (Lipinski definition) is 3. The van der Waals surface area contributed by atoms with Gasteiger partial charge in [-0.2, -0.15) is 5.10 Å². The Morgan fingerprint density at radius 3 is 2.78 bits per heavy atom. The minimum Gasteiger partial charge on any atom is -0.490 e. The normalized spacial score (nSPS) is 18.2. The Morgan fingerprint density at radius 1 is 1.19 bits per heavy atom. The van der Waals surface area contributed by atoms with E-state index in [-0.39, 0.29) is 12.0 Å². The molecule has 1 saturated carbocycles. The van der Waals surface area contributed by atoms with Gasteiger partial charge in [-0.25, -0.2) is 0 Å². The molecule has 0 radical (unpaired) electrons. The van der Waals surface area contributed by atoms with Crippen molar-refractivity contribution in [2.75, 3.05) is 13.1 Å². The molecule has 5 rings (SSSR count). The van der Waals surface area contributed by atoms with Gasteiger partial charge in [0.1, 0.15) is 17.5 Å². The van der Waals surface area contributed by atoms with Gasteiger partial charge >= 0.3 is 0 Å². The zero-order chi connectivity index (χ0) is 18.4. The van der Waals surface area contributed by atoms with Crippen LogP contribution in [0.4, 0.5) is 0 Å². The van der Waals surface area contributed by atoms with E-state index in [1.807, 2.05) is 30.1 Å². The maximum absolute atomic E-state index is 12.7. The maximum Gasteiger partial charge on any atom is 0.274 e. The van der Waals surface area contributed by atoms with Crippen molar-refractivity contribution >= 4 is 16.8 Å². The van der Waals surface area contributed by atoms with Crippen molar-refractivity contribution in [1.82, 2.24) is 19.7 Å². The number of hydrogen-bond donors (Lipinski definition) is 1. The summed E-state index contributed by atoms with van der Waals surface area (Å²) in [4.78, 5) is 14.6. The number of nitrogens with one attached hydrogen (secondary N) is 1. The lowest BCUT2D eigenvalue weighted by Gasteiger charge is -2.32. The summed E-state index contributed by atoms with van der Waals surface area (Å²) in [6, 6.07) is 10.2. The van der Waals surface area contributed by atoms with E-state index in [1.165, 1.54) is 18.4 Å². The number of carbonyl (C=O) groups excluding carboxylic acids is 1. The number of H-pyrrole nitrogens is 1. The van der Waals surface area contributed by atoms with Gasteiger partial charge in [0.25, 0.3) is 5.91 Å². The van der Waals surface area contributed by atoms with Gasteiger partial charge < -0.3 is 14.2 Å². The molecular weight excluding hydrogens is 340 g/mol. The molecule has 0 spiro atoms. The lowest BCUT2D eigenvalue weighted by Crippen LogP contribution is -2.41. The second kappa shape index (κ2) is 6.44. The van der Waals surface area contributed by atoms with E-state index < -0.39 is 0 Å². The fraction of sp³-hybridized carbons (Fsp3) is 0.429. The van der Waals surface area contributed by atoms with E-state index in [1.54, 1.807) is 0 Å². The van der Waals surface area contributed by atoms with E-state index in [4.69, 9.17) is 4.74 Å². The Labute approximate surface area is 158 Å². The van der Waals surface area contributed by atoms with Crippen molar-refractivity contribution in [3.63, 3.8) is 0 Å². The van der Waals surface area contributed by atoms with Gasteiger partial charge in [-0.15, -0.1) is 0 Å². The van der Waals surface area contributed by atoms with Gasteiger partial charge in [-0.3, -0.25) is 9.89 Å². The predicted octanol–water partition coefficient (Wildman–Crippen LogP) is 3.46. The first kappa shape index (κ1) is 16.4. The Hall–Kier alpha value is -2.76. The van der Waals surface area contributed by atoms with E-state index in [0.29, 0.717) is 24.7 Å². The zero-order valence-corrected chi connectivity index (χ0v) is 15.5. The first-order chi connectivity index (χ1) is 13.2. The van der Waals surface area contributed by atoms with Crippen molar-refractivity contribution in [1.29, 1.82) is 0 Å². The smallest absolute Gasteiger partial charge is 0.274 e. The molecule has 1 aliphatic heterocycles. The van der Waals surface area contributed by atoms with Crippen LogP contribution in [-0.2, 0) is 7.05 Å². The molecule has 0 unspecified atom stereocenters. The summed E-state index contributed by atoms with van der Waals surface area (Å²) >= 11 is 0.